The highest BCUT2D eigenvalue weighted by molar-refractivity contribution is 6.40. The minimum Gasteiger partial charge on any atom is -0.507 e. The number of hydrogen-bond donors (Lipinski definition) is 3. The summed E-state index contributed by atoms with van der Waals surface area (Å²) in [7, 11) is 0. The molecule has 4 aromatic rings. The lowest BCUT2D eigenvalue weighted by atomic mass is 10.0. The number of hydrogen-bond acceptors (Lipinski definition) is 4. The predicted octanol–water partition coefficient (Wildman–Crippen LogP) is 7.37. The molecule has 0 bridgehead atoms. The van der Waals surface area contributed by atoms with Crippen molar-refractivity contribution in [3.05, 3.63) is 99.4 Å². The Morgan fingerprint density at radius 1 is 1.00 bits per heavy atom. The van der Waals surface area contributed by atoms with Gasteiger partial charge >= 0.3 is 6.03 Å². The van der Waals surface area contributed by atoms with Crippen molar-refractivity contribution in [2.24, 2.45) is 0 Å². The van der Waals surface area contributed by atoms with Crippen molar-refractivity contribution in [2.45, 2.75) is 38.1 Å². The van der Waals surface area contributed by atoms with E-state index < -0.39 is 11.9 Å². The van der Waals surface area contributed by atoms with E-state index in [0.29, 0.717) is 22.5 Å². The predicted molar refractivity (Wildman–Crippen MR) is 149 cm³/mol. The van der Waals surface area contributed by atoms with Gasteiger partial charge in [-0.3, -0.25) is 4.79 Å². The molecule has 1 aliphatic rings. The van der Waals surface area contributed by atoms with Crippen molar-refractivity contribution in [3.8, 4) is 17.0 Å². The molecule has 2 amide bonds. The number of benzene rings is 3. The minimum atomic E-state index is -0.504. The van der Waals surface area contributed by atoms with Gasteiger partial charge in [0.2, 0.25) is 0 Å². The van der Waals surface area contributed by atoms with Gasteiger partial charge in [0.05, 0.1) is 27.0 Å². The number of phenols is 1. The van der Waals surface area contributed by atoms with Gasteiger partial charge in [-0.25, -0.2) is 9.18 Å². The first-order chi connectivity index (χ1) is 18.8. The summed E-state index contributed by atoms with van der Waals surface area (Å²) < 4.78 is 14.9. The lowest BCUT2D eigenvalue weighted by Crippen LogP contribution is -2.30. The molecule has 1 saturated carbocycles. The average molecular weight is 567 g/mol. The van der Waals surface area contributed by atoms with Gasteiger partial charge in [-0.2, -0.15) is 9.78 Å². The van der Waals surface area contributed by atoms with Gasteiger partial charge in [-0.1, -0.05) is 54.2 Å². The van der Waals surface area contributed by atoms with Crippen LogP contribution in [0.1, 0.15) is 53.2 Å². The number of nitrogens with one attached hydrogen (secondary N) is 2. The maximum Gasteiger partial charge on any atom is 0.342 e. The van der Waals surface area contributed by atoms with Crippen LogP contribution in [0.5, 0.6) is 5.75 Å². The fraction of sp³-hybridized carbons (Fsp3) is 0.207. The molecule has 1 heterocycles. The van der Waals surface area contributed by atoms with Crippen LogP contribution in [0.4, 0.5) is 14.9 Å². The lowest BCUT2D eigenvalue weighted by molar-refractivity contribution is 0.102. The van der Waals surface area contributed by atoms with Crippen LogP contribution in [0, 0.1) is 5.82 Å². The largest absolute Gasteiger partial charge is 0.507 e. The van der Waals surface area contributed by atoms with Gasteiger partial charge in [0.15, 0.2) is 0 Å². The number of carbonyl (C=O) groups is 2. The minimum absolute atomic E-state index is 0.0634. The highest BCUT2D eigenvalue weighted by atomic mass is 35.5. The zero-order valence-electron chi connectivity index (χ0n) is 20.8. The molecule has 1 aromatic heterocycles. The quantitative estimate of drug-likeness (QED) is 0.212. The van der Waals surface area contributed by atoms with Crippen molar-refractivity contribution in [2.75, 3.05) is 5.32 Å². The van der Waals surface area contributed by atoms with Crippen molar-refractivity contribution in [3.63, 3.8) is 0 Å². The van der Waals surface area contributed by atoms with Crippen LogP contribution in [0.25, 0.3) is 11.3 Å². The first kappa shape index (κ1) is 26.7. The fourth-order valence-corrected chi connectivity index (χ4v) is 5.40. The van der Waals surface area contributed by atoms with E-state index in [0.717, 1.165) is 31.4 Å². The summed E-state index contributed by atoms with van der Waals surface area (Å²) in [5.41, 5.74) is 2.60. The number of halogens is 3. The molecule has 1 aliphatic carbocycles. The second kappa shape index (κ2) is 11.5. The Labute approximate surface area is 234 Å². The molecule has 3 N–H and O–H groups in total. The Hall–Kier alpha value is -3.88. The topological polar surface area (TPSA) is 96.2 Å². The fourth-order valence-electron chi connectivity index (χ4n) is 4.83. The van der Waals surface area contributed by atoms with Crippen molar-refractivity contribution in [1.82, 2.24) is 15.1 Å². The van der Waals surface area contributed by atoms with E-state index >= 15 is 0 Å². The van der Waals surface area contributed by atoms with Gasteiger partial charge < -0.3 is 15.7 Å². The van der Waals surface area contributed by atoms with E-state index in [1.807, 2.05) is 0 Å². The normalized spacial score (nSPS) is 13.4. The van der Waals surface area contributed by atoms with Gasteiger partial charge in [0.25, 0.3) is 5.91 Å². The zero-order valence-corrected chi connectivity index (χ0v) is 22.3. The number of rotatable bonds is 6. The van der Waals surface area contributed by atoms with Crippen molar-refractivity contribution < 1.29 is 19.1 Å². The van der Waals surface area contributed by atoms with Gasteiger partial charge in [-0.15, -0.1) is 0 Å². The standard InChI is InChI=1S/C29H25Cl2FN4O3/c30-22-9-4-10-23(31)27(22)28(38)34-20-11-12-26(37)21(14-20)24-15-25(18-6-1-2-7-18)36(35-24)29(39)33-16-17-5-3-8-19(32)13-17/h3-5,8-15,18,37H,1-2,6-7,16H2,(H,33,39)(H,34,38). The van der Waals surface area contributed by atoms with Crippen LogP contribution in [-0.4, -0.2) is 26.8 Å². The molecule has 3 aromatic carbocycles. The van der Waals surface area contributed by atoms with Gasteiger partial charge in [-0.05, 0) is 66.9 Å². The van der Waals surface area contributed by atoms with Crippen LogP contribution in [0.3, 0.4) is 0 Å². The Balaban J connectivity index is 1.43. The van der Waals surface area contributed by atoms with Crippen LogP contribution in [-0.2, 0) is 6.54 Å². The Morgan fingerprint density at radius 2 is 1.72 bits per heavy atom. The second-order valence-corrected chi connectivity index (χ2v) is 10.2. The van der Waals surface area contributed by atoms with E-state index in [-0.39, 0.29) is 39.6 Å². The van der Waals surface area contributed by atoms with E-state index in [1.54, 1.807) is 48.5 Å². The maximum atomic E-state index is 13.6. The molecule has 0 atom stereocenters. The van der Waals surface area contributed by atoms with Crippen molar-refractivity contribution in [1.29, 1.82) is 0 Å². The Morgan fingerprint density at radius 3 is 2.44 bits per heavy atom. The first-order valence-corrected chi connectivity index (χ1v) is 13.3. The lowest BCUT2D eigenvalue weighted by Gasteiger charge is -2.12. The molecule has 7 nitrogen and oxygen atoms in total. The zero-order chi connectivity index (χ0) is 27.5. The van der Waals surface area contributed by atoms with Crippen LogP contribution in [0.15, 0.2) is 66.7 Å². The first-order valence-electron chi connectivity index (χ1n) is 12.5. The molecular formula is C29H25Cl2FN4O3. The molecule has 200 valence electrons. The number of nitrogens with zero attached hydrogens (tertiary/aromatic N) is 2. The Kier molecular flexibility index (Phi) is 7.86. The van der Waals surface area contributed by atoms with Gasteiger partial charge in [0.1, 0.15) is 11.6 Å². The third-order valence-electron chi connectivity index (χ3n) is 6.76. The molecule has 0 saturated heterocycles. The molecule has 39 heavy (non-hydrogen) atoms. The third kappa shape index (κ3) is 5.92. The summed E-state index contributed by atoms with van der Waals surface area (Å²) >= 11 is 12.3. The van der Waals surface area contributed by atoms with E-state index in [9.17, 15) is 19.1 Å². The number of carbonyl (C=O) groups excluding carboxylic acids is 2. The molecule has 5 rings (SSSR count). The molecule has 1 fully saturated rings. The summed E-state index contributed by atoms with van der Waals surface area (Å²) in [5, 5.41) is 21.2. The number of aromatic nitrogens is 2. The number of aromatic hydroxyl groups is 1. The molecule has 0 aliphatic heterocycles. The Bertz CT molecular complexity index is 1530. The summed E-state index contributed by atoms with van der Waals surface area (Å²) in [6.07, 6.45) is 3.94. The highest BCUT2D eigenvalue weighted by Gasteiger charge is 2.26. The van der Waals surface area contributed by atoms with Crippen LogP contribution in [0.2, 0.25) is 10.0 Å². The summed E-state index contributed by atoms with van der Waals surface area (Å²) in [5.74, 6) is -0.810. The van der Waals surface area contributed by atoms with Gasteiger partial charge in [0, 0.05) is 23.7 Å². The summed E-state index contributed by atoms with van der Waals surface area (Å²) in [6.45, 7) is 0.132. The molecule has 0 radical (unpaired) electrons. The highest BCUT2D eigenvalue weighted by Crippen LogP contribution is 2.38. The van der Waals surface area contributed by atoms with E-state index in [1.165, 1.54) is 22.9 Å². The summed E-state index contributed by atoms with van der Waals surface area (Å²) in [6, 6.07) is 16.7. The smallest absolute Gasteiger partial charge is 0.342 e. The monoisotopic (exact) mass is 566 g/mol. The molecule has 0 unspecified atom stereocenters. The summed E-state index contributed by atoms with van der Waals surface area (Å²) in [4.78, 5) is 26.1. The van der Waals surface area contributed by atoms with E-state index in [4.69, 9.17) is 23.2 Å². The molecule has 10 heteroatoms. The van der Waals surface area contributed by atoms with Crippen molar-refractivity contribution >= 4 is 40.8 Å². The van der Waals surface area contributed by atoms with Crippen LogP contribution < -0.4 is 10.6 Å². The second-order valence-electron chi connectivity index (χ2n) is 9.42. The average Bonchev–Trinajstić information content (AvgIpc) is 3.59. The SMILES string of the molecule is O=C(Nc1ccc(O)c(-c2cc(C3CCCC3)n(C(=O)NCc3cccc(F)c3)n2)c1)c1c(Cl)cccc1Cl. The molecule has 0 spiro atoms. The van der Waals surface area contributed by atoms with Crippen LogP contribution >= 0.6 is 23.2 Å². The number of anilines is 1. The van der Waals surface area contributed by atoms with E-state index in [2.05, 4.69) is 15.7 Å². The molecular weight excluding hydrogens is 542 g/mol. The number of amides is 2. The number of phenolic OH excluding ortho intramolecular Hbond substituents is 1. The third-order valence-corrected chi connectivity index (χ3v) is 7.39. The maximum absolute atomic E-state index is 13.6.